The average Bonchev–Trinajstić information content (AvgIpc) is 2.55. The molecule has 78 valence electrons. The van der Waals surface area contributed by atoms with Crippen molar-refractivity contribution in [2.75, 3.05) is 7.11 Å². The van der Waals surface area contributed by atoms with Crippen LogP contribution in [0.3, 0.4) is 0 Å². The molecular formula is C11H9ClO2S. The summed E-state index contributed by atoms with van der Waals surface area (Å²) in [6, 6.07) is 5.94. The van der Waals surface area contributed by atoms with Gasteiger partial charge in [-0.2, -0.15) is 0 Å². The van der Waals surface area contributed by atoms with Crippen molar-refractivity contribution in [2.24, 2.45) is 0 Å². The van der Waals surface area contributed by atoms with Crippen LogP contribution in [0.1, 0.15) is 15.2 Å². The number of thiophene rings is 1. The van der Waals surface area contributed by atoms with Crippen LogP contribution in [0.15, 0.2) is 18.2 Å². The van der Waals surface area contributed by atoms with E-state index < -0.39 is 0 Å². The molecule has 0 N–H and O–H groups in total. The summed E-state index contributed by atoms with van der Waals surface area (Å²) in [4.78, 5) is 11.9. The molecule has 0 amide bonds. The van der Waals surface area contributed by atoms with Crippen molar-refractivity contribution in [1.82, 2.24) is 0 Å². The molecule has 0 saturated carbocycles. The zero-order chi connectivity index (χ0) is 11.0. The van der Waals surface area contributed by atoms with Gasteiger partial charge in [0, 0.05) is 10.1 Å². The second-order valence-corrected chi connectivity index (χ2v) is 4.67. The molecule has 0 spiro atoms. The summed E-state index contributed by atoms with van der Waals surface area (Å²) < 4.78 is 5.67. The summed E-state index contributed by atoms with van der Waals surface area (Å²) in [6.45, 7) is 1.99. The first-order valence-corrected chi connectivity index (χ1v) is 5.60. The van der Waals surface area contributed by atoms with E-state index in [0.717, 1.165) is 15.6 Å². The Morgan fingerprint density at radius 1 is 1.47 bits per heavy atom. The van der Waals surface area contributed by atoms with Gasteiger partial charge in [0.25, 0.3) is 0 Å². The van der Waals surface area contributed by atoms with Crippen molar-refractivity contribution in [3.8, 4) is 0 Å². The molecule has 2 nitrogen and oxygen atoms in total. The highest BCUT2D eigenvalue weighted by Gasteiger charge is 2.17. The van der Waals surface area contributed by atoms with Crippen LogP contribution in [0.5, 0.6) is 0 Å². The largest absolute Gasteiger partial charge is 0.465 e. The van der Waals surface area contributed by atoms with Gasteiger partial charge in [-0.05, 0) is 19.1 Å². The molecule has 0 fully saturated rings. The van der Waals surface area contributed by atoms with E-state index in [-0.39, 0.29) is 5.97 Å². The number of hydrogen-bond acceptors (Lipinski definition) is 3. The number of carbonyl (C=O) groups excluding carboxylic acids is 1. The lowest BCUT2D eigenvalue weighted by atomic mass is 10.2. The van der Waals surface area contributed by atoms with Crippen molar-refractivity contribution >= 4 is 39.0 Å². The van der Waals surface area contributed by atoms with Crippen molar-refractivity contribution in [1.29, 1.82) is 0 Å². The minimum atomic E-state index is -0.376. The van der Waals surface area contributed by atoms with Gasteiger partial charge < -0.3 is 4.74 Å². The third kappa shape index (κ3) is 1.73. The van der Waals surface area contributed by atoms with Crippen LogP contribution in [0.4, 0.5) is 0 Å². The minimum Gasteiger partial charge on any atom is -0.465 e. The van der Waals surface area contributed by atoms with Gasteiger partial charge in [-0.3, -0.25) is 0 Å². The predicted octanol–water partition coefficient (Wildman–Crippen LogP) is 3.65. The third-order valence-electron chi connectivity index (χ3n) is 2.15. The highest BCUT2D eigenvalue weighted by Crippen LogP contribution is 2.36. The van der Waals surface area contributed by atoms with E-state index in [2.05, 4.69) is 4.74 Å². The maximum absolute atomic E-state index is 11.4. The SMILES string of the molecule is COC(=O)c1sc2ccc(C)cc2c1Cl. The summed E-state index contributed by atoms with van der Waals surface area (Å²) in [5.74, 6) is -0.376. The zero-order valence-corrected chi connectivity index (χ0v) is 9.91. The Morgan fingerprint density at radius 2 is 2.20 bits per heavy atom. The Hall–Kier alpha value is -1.06. The van der Waals surface area contributed by atoms with E-state index in [1.54, 1.807) is 0 Å². The molecule has 0 aliphatic rings. The van der Waals surface area contributed by atoms with Gasteiger partial charge in [0.05, 0.1) is 12.1 Å². The Kier molecular flexibility index (Phi) is 2.67. The molecule has 0 aliphatic heterocycles. The number of fused-ring (bicyclic) bond motifs is 1. The highest BCUT2D eigenvalue weighted by atomic mass is 35.5. The summed E-state index contributed by atoms with van der Waals surface area (Å²) in [5, 5.41) is 1.41. The number of esters is 1. The lowest BCUT2D eigenvalue weighted by Crippen LogP contribution is -1.97. The first-order chi connectivity index (χ1) is 7.13. The third-order valence-corrected chi connectivity index (χ3v) is 3.81. The van der Waals surface area contributed by atoms with Crippen molar-refractivity contribution in [2.45, 2.75) is 6.92 Å². The summed E-state index contributed by atoms with van der Waals surface area (Å²) >= 11 is 7.47. The Bertz CT molecular complexity index is 531. The van der Waals surface area contributed by atoms with Gasteiger partial charge in [-0.1, -0.05) is 23.2 Å². The van der Waals surface area contributed by atoms with E-state index >= 15 is 0 Å². The van der Waals surface area contributed by atoms with Crippen molar-refractivity contribution in [3.05, 3.63) is 33.7 Å². The minimum absolute atomic E-state index is 0.376. The number of halogens is 1. The van der Waals surface area contributed by atoms with Crippen LogP contribution < -0.4 is 0 Å². The van der Waals surface area contributed by atoms with E-state index in [1.807, 2.05) is 25.1 Å². The number of aryl methyl sites for hydroxylation is 1. The van der Waals surface area contributed by atoms with Gasteiger partial charge in [0.1, 0.15) is 4.88 Å². The fraction of sp³-hybridized carbons (Fsp3) is 0.182. The van der Waals surface area contributed by atoms with Gasteiger partial charge in [0.2, 0.25) is 0 Å². The topological polar surface area (TPSA) is 26.3 Å². The fourth-order valence-corrected chi connectivity index (χ4v) is 2.80. The normalized spacial score (nSPS) is 10.6. The van der Waals surface area contributed by atoms with Crippen LogP contribution in [0.25, 0.3) is 10.1 Å². The van der Waals surface area contributed by atoms with Gasteiger partial charge >= 0.3 is 5.97 Å². The summed E-state index contributed by atoms with van der Waals surface area (Å²) in [6.07, 6.45) is 0. The van der Waals surface area contributed by atoms with Crippen LogP contribution in [0, 0.1) is 6.92 Å². The van der Waals surface area contributed by atoms with Crippen LogP contribution >= 0.6 is 22.9 Å². The number of carbonyl (C=O) groups is 1. The van der Waals surface area contributed by atoms with Gasteiger partial charge in [-0.15, -0.1) is 11.3 Å². The molecule has 0 unspecified atom stereocenters. The lowest BCUT2D eigenvalue weighted by molar-refractivity contribution is 0.0606. The van der Waals surface area contributed by atoms with E-state index in [1.165, 1.54) is 18.4 Å². The fourth-order valence-electron chi connectivity index (χ4n) is 1.41. The molecule has 0 atom stereocenters. The highest BCUT2D eigenvalue weighted by molar-refractivity contribution is 7.21. The lowest BCUT2D eigenvalue weighted by Gasteiger charge is -1.94. The number of ether oxygens (including phenoxy) is 1. The van der Waals surface area contributed by atoms with Gasteiger partial charge in [-0.25, -0.2) is 4.79 Å². The first-order valence-electron chi connectivity index (χ1n) is 4.40. The molecule has 1 heterocycles. The molecular weight excluding hydrogens is 232 g/mol. The van der Waals surface area contributed by atoms with Crippen LogP contribution in [-0.2, 0) is 4.74 Å². The molecule has 2 rings (SSSR count). The Balaban J connectivity index is 2.69. The summed E-state index contributed by atoms with van der Waals surface area (Å²) in [7, 11) is 1.36. The number of rotatable bonds is 1. The number of benzene rings is 1. The van der Waals surface area contributed by atoms with E-state index in [0.29, 0.717) is 9.90 Å². The zero-order valence-electron chi connectivity index (χ0n) is 8.33. The second kappa shape index (κ2) is 3.83. The molecule has 1 aromatic carbocycles. The molecule has 0 aliphatic carbocycles. The smallest absolute Gasteiger partial charge is 0.349 e. The van der Waals surface area contributed by atoms with Gasteiger partial charge in [0.15, 0.2) is 0 Å². The Labute approximate surface area is 96.4 Å². The first kappa shape index (κ1) is 10.5. The predicted molar refractivity (Wildman–Crippen MR) is 62.9 cm³/mol. The van der Waals surface area contributed by atoms with Crippen LogP contribution in [-0.4, -0.2) is 13.1 Å². The molecule has 0 saturated heterocycles. The maximum Gasteiger partial charge on any atom is 0.349 e. The van der Waals surface area contributed by atoms with E-state index in [4.69, 9.17) is 11.6 Å². The molecule has 2 aromatic rings. The quantitative estimate of drug-likeness (QED) is 0.712. The molecule has 15 heavy (non-hydrogen) atoms. The Morgan fingerprint density at radius 3 is 2.87 bits per heavy atom. The molecule has 4 heteroatoms. The molecule has 0 radical (unpaired) electrons. The van der Waals surface area contributed by atoms with Crippen molar-refractivity contribution < 1.29 is 9.53 Å². The average molecular weight is 241 g/mol. The van der Waals surface area contributed by atoms with E-state index in [9.17, 15) is 4.79 Å². The molecule has 0 bridgehead atoms. The van der Waals surface area contributed by atoms with Crippen LogP contribution in [0.2, 0.25) is 5.02 Å². The number of methoxy groups -OCH3 is 1. The molecule has 1 aromatic heterocycles. The standard InChI is InChI=1S/C11H9ClO2S/c1-6-3-4-8-7(5-6)9(12)10(15-8)11(13)14-2/h3-5H,1-2H3. The summed E-state index contributed by atoms with van der Waals surface area (Å²) in [5.41, 5.74) is 1.12. The number of hydrogen-bond donors (Lipinski definition) is 0. The van der Waals surface area contributed by atoms with Crippen molar-refractivity contribution in [3.63, 3.8) is 0 Å². The second-order valence-electron chi connectivity index (χ2n) is 3.24. The maximum atomic E-state index is 11.4. The monoisotopic (exact) mass is 240 g/mol.